The third-order valence-corrected chi connectivity index (χ3v) is 6.30. The van der Waals surface area contributed by atoms with E-state index in [9.17, 15) is 18.0 Å². The summed E-state index contributed by atoms with van der Waals surface area (Å²) in [5.41, 5.74) is 0. The zero-order chi connectivity index (χ0) is 16.4. The van der Waals surface area contributed by atoms with Crippen molar-refractivity contribution in [2.45, 2.75) is 30.2 Å². The van der Waals surface area contributed by atoms with E-state index in [1.54, 1.807) is 35.2 Å². The molecule has 1 aromatic carbocycles. The van der Waals surface area contributed by atoms with Gasteiger partial charge < -0.3 is 10.2 Å². The summed E-state index contributed by atoms with van der Waals surface area (Å²) in [6, 6.07) is 8.35. The lowest BCUT2D eigenvalue weighted by atomic mass is 9.93. The molecule has 0 aromatic heterocycles. The first-order chi connectivity index (χ1) is 11.0. The summed E-state index contributed by atoms with van der Waals surface area (Å²) in [6.07, 6.45) is 1.18. The number of hydrogen-bond acceptors (Lipinski definition) is 4. The Kier molecular flexibility index (Phi) is 4.39. The summed E-state index contributed by atoms with van der Waals surface area (Å²) in [6.45, 7) is 1.11. The first kappa shape index (κ1) is 16.0. The molecule has 0 aliphatic carbocycles. The van der Waals surface area contributed by atoms with E-state index in [1.165, 1.54) is 0 Å². The van der Waals surface area contributed by atoms with Crippen LogP contribution in [0.25, 0.3) is 0 Å². The zero-order valence-corrected chi connectivity index (χ0v) is 13.6. The minimum atomic E-state index is -3.43. The highest BCUT2D eigenvalue weighted by Crippen LogP contribution is 2.25. The molecule has 1 N–H and O–H groups in total. The molecule has 1 aromatic rings. The fourth-order valence-electron chi connectivity index (χ4n) is 3.28. The third-order valence-electron chi connectivity index (χ3n) is 4.57. The lowest BCUT2D eigenvalue weighted by Crippen LogP contribution is -2.47. The van der Waals surface area contributed by atoms with Gasteiger partial charge in [0.1, 0.15) is 0 Å². The SMILES string of the molecule is O=C1C[C@@H]2CN(C(=O)CCS(=O)(=O)c3ccccc3)CC[C@@H]2N1. The Labute approximate surface area is 135 Å². The number of hydrogen-bond donors (Lipinski definition) is 1. The van der Waals surface area contributed by atoms with Crippen molar-refractivity contribution in [1.82, 2.24) is 10.2 Å². The van der Waals surface area contributed by atoms with Crippen LogP contribution in [-0.4, -0.2) is 50.0 Å². The van der Waals surface area contributed by atoms with E-state index < -0.39 is 9.84 Å². The van der Waals surface area contributed by atoms with Gasteiger partial charge in [-0.2, -0.15) is 0 Å². The van der Waals surface area contributed by atoms with Gasteiger partial charge in [0.05, 0.1) is 10.6 Å². The molecular formula is C16H20N2O4S. The number of benzene rings is 1. The first-order valence-corrected chi connectivity index (χ1v) is 9.46. The highest BCUT2D eigenvalue weighted by atomic mass is 32.2. The molecule has 2 saturated heterocycles. The number of fused-ring (bicyclic) bond motifs is 1. The molecule has 0 spiro atoms. The molecule has 2 amide bonds. The number of carbonyl (C=O) groups is 2. The summed E-state index contributed by atoms with van der Waals surface area (Å²) in [7, 11) is -3.43. The summed E-state index contributed by atoms with van der Waals surface area (Å²) < 4.78 is 24.4. The number of likely N-dealkylation sites (tertiary alicyclic amines) is 1. The van der Waals surface area contributed by atoms with E-state index in [4.69, 9.17) is 0 Å². The predicted molar refractivity (Wildman–Crippen MR) is 84.3 cm³/mol. The summed E-state index contributed by atoms with van der Waals surface area (Å²) >= 11 is 0. The second-order valence-corrected chi connectivity index (χ2v) is 8.26. The van der Waals surface area contributed by atoms with Gasteiger partial charge in [-0.1, -0.05) is 18.2 Å². The van der Waals surface area contributed by atoms with E-state index in [2.05, 4.69) is 5.32 Å². The lowest BCUT2D eigenvalue weighted by Gasteiger charge is -2.34. The Hall–Kier alpha value is -1.89. The summed E-state index contributed by atoms with van der Waals surface area (Å²) in [5, 5.41) is 2.92. The highest BCUT2D eigenvalue weighted by Gasteiger charge is 2.38. The molecule has 2 atom stereocenters. The monoisotopic (exact) mass is 336 g/mol. The minimum absolute atomic E-state index is 0.0179. The van der Waals surface area contributed by atoms with Crippen LogP contribution in [-0.2, 0) is 19.4 Å². The Bertz CT molecular complexity index is 702. The molecule has 2 aliphatic rings. The molecular weight excluding hydrogens is 316 g/mol. The van der Waals surface area contributed by atoms with Crippen molar-refractivity contribution in [3.05, 3.63) is 30.3 Å². The van der Waals surface area contributed by atoms with Crippen molar-refractivity contribution in [3.63, 3.8) is 0 Å². The van der Waals surface area contributed by atoms with Gasteiger partial charge in [0.25, 0.3) is 0 Å². The van der Waals surface area contributed by atoms with Crippen LogP contribution >= 0.6 is 0 Å². The van der Waals surface area contributed by atoms with Crippen LogP contribution in [0.4, 0.5) is 0 Å². The molecule has 7 heteroatoms. The number of piperidine rings is 1. The van der Waals surface area contributed by atoms with E-state index >= 15 is 0 Å². The van der Waals surface area contributed by atoms with Crippen LogP contribution in [0.15, 0.2) is 35.2 Å². The van der Waals surface area contributed by atoms with E-state index in [1.807, 2.05) is 0 Å². The average Bonchev–Trinajstić information content (AvgIpc) is 2.92. The predicted octanol–water partition coefficient (Wildman–Crippen LogP) is 0.587. The van der Waals surface area contributed by atoms with Crippen molar-refractivity contribution in [2.75, 3.05) is 18.8 Å². The molecule has 0 unspecified atom stereocenters. The number of nitrogens with zero attached hydrogens (tertiary/aromatic N) is 1. The van der Waals surface area contributed by atoms with Crippen LogP contribution in [0.2, 0.25) is 0 Å². The smallest absolute Gasteiger partial charge is 0.223 e. The quantitative estimate of drug-likeness (QED) is 0.872. The van der Waals surface area contributed by atoms with Gasteiger partial charge in [-0.15, -0.1) is 0 Å². The second-order valence-electron chi connectivity index (χ2n) is 6.15. The molecule has 2 heterocycles. The van der Waals surface area contributed by atoms with Gasteiger partial charge in [0.15, 0.2) is 9.84 Å². The molecule has 2 fully saturated rings. The maximum Gasteiger partial charge on any atom is 0.223 e. The Morgan fingerprint density at radius 2 is 2.00 bits per heavy atom. The van der Waals surface area contributed by atoms with Gasteiger partial charge in [0.2, 0.25) is 11.8 Å². The van der Waals surface area contributed by atoms with Crippen molar-refractivity contribution >= 4 is 21.7 Å². The fourth-order valence-corrected chi connectivity index (χ4v) is 4.54. The van der Waals surface area contributed by atoms with Gasteiger partial charge in [0, 0.05) is 37.9 Å². The second kappa shape index (κ2) is 6.31. The molecule has 6 nitrogen and oxygen atoms in total. The van der Waals surface area contributed by atoms with Crippen molar-refractivity contribution < 1.29 is 18.0 Å². The number of nitrogens with one attached hydrogen (secondary N) is 1. The maximum atomic E-state index is 12.3. The van der Waals surface area contributed by atoms with Gasteiger partial charge >= 0.3 is 0 Å². The Balaban J connectivity index is 1.57. The third kappa shape index (κ3) is 3.55. The van der Waals surface area contributed by atoms with Crippen LogP contribution in [0.5, 0.6) is 0 Å². The molecule has 0 bridgehead atoms. The van der Waals surface area contributed by atoms with E-state index in [0.717, 1.165) is 6.42 Å². The van der Waals surface area contributed by atoms with Crippen molar-refractivity contribution in [3.8, 4) is 0 Å². The number of sulfone groups is 1. The van der Waals surface area contributed by atoms with Crippen LogP contribution in [0.3, 0.4) is 0 Å². The first-order valence-electron chi connectivity index (χ1n) is 7.80. The molecule has 0 saturated carbocycles. The van der Waals surface area contributed by atoms with Crippen LogP contribution in [0, 0.1) is 5.92 Å². The zero-order valence-electron chi connectivity index (χ0n) is 12.8. The van der Waals surface area contributed by atoms with Gasteiger partial charge in [-0.25, -0.2) is 8.42 Å². The standard InChI is InChI=1S/C16H20N2O4S/c19-15-10-12-11-18(8-6-14(12)17-15)16(20)7-9-23(21,22)13-4-2-1-3-5-13/h1-5,12,14H,6-11H2,(H,17,19)/t12-,14+/m1/s1. The molecule has 23 heavy (non-hydrogen) atoms. The lowest BCUT2D eigenvalue weighted by molar-refractivity contribution is -0.132. The highest BCUT2D eigenvalue weighted by molar-refractivity contribution is 7.91. The summed E-state index contributed by atoms with van der Waals surface area (Å²) in [4.78, 5) is 25.7. The number of rotatable bonds is 4. The van der Waals surface area contributed by atoms with Crippen LogP contribution in [0.1, 0.15) is 19.3 Å². The molecule has 3 rings (SSSR count). The normalized spacial score (nSPS) is 24.2. The summed E-state index contributed by atoms with van der Waals surface area (Å²) in [5.74, 6) is -0.133. The molecule has 2 aliphatic heterocycles. The van der Waals surface area contributed by atoms with Crippen LogP contribution < -0.4 is 5.32 Å². The van der Waals surface area contributed by atoms with Gasteiger partial charge in [-0.05, 0) is 18.6 Å². The van der Waals surface area contributed by atoms with E-state index in [-0.39, 0.29) is 40.8 Å². The maximum absolute atomic E-state index is 12.3. The fraction of sp³-hybridized carbons (Fsp3) is 0.500. The Morgan fingerprint density at radius 3 is 2.74 bits per heavy atom. The van der Waals surface area contributed by atoms with Crippen molar-refractivity contribution in [2.24, 2.45) is 5.92 Å². The molecule has 0 radical (unpaired) electrons. The topological polar surface area (TPSA) is 83.6 Å². The van der Waals surface area contributed by atoms with Gasteiger partial charge in [-0.3, -0.25) is 9.59 Å². The number of carbonyl (C=O) groups excluding carboxylic acids is 2. The van der Waals surface area contributed by atoms with Crippen molar-refractivity contribution in [1.29, 1.82) is 0 Å². The Morgan fingerprint density at radius 1 is 1.26 bits per heavy atom. The van der Waals surface area contributed by atoms with E-state index in [0.29, 0.717) is 19.5 Å². The molecule has 124 valence electrons. The number of amides is 2. The largest absolute Gasteiger partial charge is 0.353 e. The minimum Gasteiger partial charge on any atom is -0.353 e. The average molecular weight is 336 g/mol.